The average Bonchev–Trinajstić information content (AvgIpc) is 2.55. The van der Waals surface area contributed by atoms with Gasteiger partial charge in [-0.2, -0.15) is 0 Å². The second kappa shape index (κ2) is 7.64. The third-order valence-corrected chi connectivity index (χ3v) is 3.81. The Hall–Kier alpha value is -2.29. The molecule has 0 saturated heterocycles. The number of hydrogen-bond acceptors (Lipinski definition) is 3. The summed E-state index contributed by atoms with van der Waals surface area (Å²) in [5, 5.41) is 2.87. The quantitative estimate of drug-likeness (QED) is 0.501. The molecular weight excluding hydrogens is 274 g/mol. The van der Waals surface area contributed by atoms with Gasteiger partial charge in [0.15, 0.2) is 5.78 Å². The fourth-order valence-electron chi connectivity index (χ4n) is 2.52. The molecule has 0 spiro atoms. The lowest BCUT2D eigenvalue weighted by Crippen LogP contribution is -2.14. The van der Waals surface area contributed by atoms with Crippen molar-refractivity contribution in [2.75, 3.05) is 0 Å². The van der Waals surface area contributed by atoms with Crippen LogP contribution in [-0.4, -0.2) is 5.78 Å². The fourth-order valence-corrected chi connectivity index (χ4v) is 2.52. The Morgan fingerprint density at radius 3 is 2.14 bits per heavy atom. The maximum absolute atomic E-state index is 12.8. The van der Waals surface area contributed by atoms with Crippen molar-refractivity contribution in [3.05, 3.63) is 70.6 Å². The molecule has 0 aliphatic rings. The second-order valence-electron chi connectivity index (χ2n) is 5.94. The molecule has 22 heavy (non-hydrogen) atoms. The fraction of sp³-hybridized carbons (Fsp3) is 0.316. The SMILES string of the molecule is CC(C)CCC(C(=O)c1ccc(N=O)cc1)c1ccccc1. The molecule has 2 rings (SSSR count). The highest BCUT2D eigenvalue weighted by Gasteiger charge is 2.22. The van der Waals surface area contributed by atoms with E-state index >= 15 is 0 Å². The van der Waals surface area contributed by atoms with E-state index in [0.29, 0.717) is 17.2 Å². The van der Waals surface area contributed by atoms with Gasteiger partial charge in [-0.1, -0.05) is 44.2 Å². The van der Waals surface area contributed by atoms with E-state index in [0.717, 1.165) is 18.4 Å². The summed E-state index contributed by atoms with van der Waals surface area (Å²) in [7, 11) is 0. The Morgan fingerprint density at radius 1 is 0.955 bits per heavy atom. The topological polar surface area (TPSA) is 46.5 Å². The van der Waals surface area contributed by atoms with E-state index in [4.69, 9.17) is 0 Å². The Morgan fingerprint density at radius 2 is 1.59 bits per heavy atom. The van der Waals surface area contributed by atoms with E-state index in [1.54, 1.807) is 24.3 Å². The van der Waals surface area contributed by atoms with E-state index in [1.165, 1.54) is 0 Å². The minimum Gasteiger partial charge on any atom is -0.293 e. The molecule has 1 unspecified atom stereocenters. The predicted molar refractivity (Wildman–Crippen MR) is 89.5 cm³/mol. The van der Waals surface area contributed by atoms with Crippen LogP contribution >= 0.6 is 0 Å². The molecule has 3 nitrogen and oxygen atoms in total. The highest BCUT2D eigenvalue weighted by Crippen LogP contribution is 2.28. The third-order valence-electron chi connectivity index (χ3n) is 3.81. The van der Waals surface area contributed by atoms with Crippen molar-refractivity contribution < 1.29 is 4.79 Å². The zero-order chi connectivity index (χ0) is 15.9. The summed E-state index contributed by atoms with van der Waals surface area (Å²) in [4.78, 5) is 23.3. The number of carbonyl (C=O) groups excluding carboxylic acids is 1. The van der Waals surface area contributed by atoms with E-state index in [-0.39, 0.29) is 11.7 Å². The molecule has 0 aromatic heterocycles. The van der Waals surface area contributed by atoms with Crippen LogP contribution in [-0.2, 0) is 0 Å². The summed E-state index contributed by atoms with van der Waals surface area (Å²) < 4.78 is 0. The van der Waals surface area contributed by atoms with Gasteiger partial charge in [0.1, 0.15) is 5.69 Å². The van der Waals surface area contributed by atoms with Gasteiger partial charge in [0.05, 0.1) is 0 Å². The van der Waals surface area contributed by atoms with Gasteiger partial charge >= 0.3 is 0 Å². The first-order valence-corrected chi connectivity index (χ1v) is 7.64. The Balaban J connectivity index is 2.26. The van der Waals surface area contributed by atoms with Crippen LogP contribution in [0.2, 0.25) is 0 Å². The maximum Gasteiger partial charge on any atom is 0.170 e. The molecule has 2 aromatic carbocycles. The summed E-state index contributed by atoms with van der Waals surface area (Å²) in [5.74, 6) is 0.517. The average molecular weight is 295 g/mol. The highest BCUT2D eigenvalue weighted by molar-refractivity contribution is 6.01. The van der Waals surface area contributed by atoms with Crippen LogP contribution in [0, 0.1) is 10.8 Å². The number of ketones is 1. The smallest absolute Gasteiger partial charge is 0.170 e. The van der Waals surface area contributed by atoms with Gasteiger partial charge < -0.3 is 0 Å². The van der Waals surface area contributed by atoms with E-state index in [9.17, 15) is 9.70 Å². The monoisotopic (exact) mass is 295 g/mol. The number of benzene rings is 2. The number of Topliss-reactive ketones (excluding diaryl/α,β-unsaturated/α-hetero) is 1. The van der Waals surface area contributed by atoms with Gasteiger partial charge in [-0.25, -0.2) is 0 Å². The van der Waals surface area contributed by atoms with Crippen molar-refractivity contribution in [1.29, 1.82) is 0 Å². The van der Waals surface area contributed by atoms with Crippen molar-refractivity contribution in [1.82, 2.24) is 0 Å². The van der Waals surface area contributed by atoms with Crippen LogP contribution in [0.25, 0.3) is 0 Å². The van der Waals surface area contributed by atoms with E-state index < -0.39 is 0 Å². The van der Waals surface area contributed by atoms with Crippen molar-refractivity contribution in [2.24, 2.45) is 11.1 Å². The zero-order valence-corrected chi connectivity index (χ0v) is 13.0. The number of rotatable bonds is 7. The van der Waals surface area contributed by atoms with Crippen molar-refractivity contribution in [2.45, 2.75) is 32.6 Å². The summed E-state index contributed by atoms with van der Waals surface area (Å²) in [6.07, 6.45) is 1.83. The van der Waals surface area contributed by atoms with Crippen LogP contribution in [0.4, 0.5) is 5.69 Å². The van der Waals surface area contributed by atoms with E-state index in [2.05, 4.69) is 19.0 Å². The lowest BCUT2D eigenvalue weighted by molar-refractivity contribution is 0.0952. The lowest BCUT2D eigenvalue weighted by Gasteiger charge is -2.17. The number of hydrogen-bond donors (Lipinski definition) is 0. The molecule has 0 fully saturated rings. The standard InChI is InChI=1S/C19H21NO2/c1-14(2)8-13-18(15-6-4-3-5-7-15)19(21)16-9-11-17(20-22)12-10-16/h3-7,9-12,14,18H,8,13H2,1-2H3. The molecule has 0 bridgehead atoms. The van der Waals surface area contributed by atoms with Gasteiger partial charge in [-0.15, -0.1) is 4.91 Å². The molecule has 0 N–H and O–H groups in total. The van der Waals surface area contributed by atoms with Crippen LogP contribution in [0.5, 0.6) is 0 Å². The Labute approximate surface area is 131 Å². The molecule has 0 saturated carbocycles. The van der Waals surface area contributed by atoms with Crippen molar-refractivity contribution in [3.8, 4) is 0 Å². The number of nitroso groups, excluding NO2 is 1. The number of carbonyl (C=O) groups is 1. The molecule has 1 atom stereocenters. The third kappa shape index (κ3) is 4.10. The Bertz CT molecular complexity index is 618. The van der Waals surface area contributed by atoms with E-state index in [1.807, 2.05) is 30.3 Å². The highest BCUT2D eigenvalue weighted by atomic mass is 16.3. The van der Waals surface area contributed by atoms with Gasteiger partial charge in [-0.3, -0.25) is 4.79 Å². The summed E-state index contributed by atoms with van der Waals surface area (Å²) >= 11 is 0. The molecule has 3 heteroatoms. The maximum atomic E-state index is 12.8. The van der Waals surface area contributed by atoms with Crippen LogP contribution in [0.1, 0.15) is 48.5 Å². The van der Waals surface area contributed by atoms with Gasteiger partial charge in [0, 0.05) is 11.5 Å². The Kier molecular flexibility index (Phi) is 5.59. The first-order chi connectivity index (χ1) is 10.6. The zero-order valence-electron chi connectivity index (χ0n) is 13.0. The van der Waals surface area contributed by atoms with Crippen LogP contribution in [0.15, 0.2) is 59.8 Å². The molecule has 114 valence electrons. The summed E-state index contributed by atoms with van der Waals surface area (Å²) in [6, 6.07) is 16.4. The minimum absolute atomic E-state index is 0.101. The van der Waals surface area contributed by atoms with Crippen LogP contribution in [0.3, 0.4) is 0 Å². The molecule has 0 aliphatic carbocycles. The molecular formula is C19H21NO2. The number of nitrogens with zero attached hydrogens (tertiary/aromatic N) is 1. The second-order valence-corrected chi connectivity index (χ2v) is 5.94. The summed E-state index contributed by atoms with van der Waals surface area (Å²) in [5.41, 5.74) is 2.02. The van der Waals surface area contributed by atoms with Gasteiger partial charge in [-0.05, 0) is 53.8 Å². The summed E-state index contributed by atoms with van der Waals surface area (Å²) in [6.45, 7) is 4.33. The normalized spacial score (nSPS) is 12.1. The molecule has 0 amide bonds. The molecule has 0 heterocycles. The molecule has 0 radical (unpaired) electrons. The first-order valence-electron chi connectivity index (χ1n) is 7.64. The predicted octanol–water partition coefficient (Wildman–Crippen LogP) is 5.49. The largest absolute Gasteiger partial charge is 0.293 e. The lowest BCUT2D eigenvalue weighted by atomic mass is 9.85. The van der Waals surface area contributed by atoms with Crippen LogP contribution < -0.4 is 0 Å². The molecule has 2 aromatic rings. The van der Waals surface area contributed by atoms with Crippen molar-refractivity contribution in [3.63, 3.8) is 0 Å². The molecule has 0 aliphatic heterocycles. The van der Waals surface area contributed by atoms with Gasteiger partial charge in [0.25, 0.3) is 0 Å². The van der Waals surface area contributed by atoms with Crippen molar-refractivity contribution >= 4 is 11.5 Å². The first kappa shape index (κ1) is 16.1. The minimum atomic E-state index is -0.140. The van der Waals surface area contributed by atoms with Gasteiger partial charge in [0.2, 0.25) is 0 Å².